The summed E-state index contributed by atoms with van der Waals surface area (Å²) in [6.45, 7) is 7.35. The first-order chi connectivity index (χ1) is 10.7. The van der Waals surface area contributed by atoms with Crippen molar-refractivity contribution in [3.8, 4) is 0 Å². The van der Waals surface area contributed by atoms with E-state index < -0.39 is 10.0 Å². The molecule has 0 amide bonds. The van der Waals surface area contributed by atoms with Crippen LogP contribution < -0.4 is 0 Å². The Balaban J connectivity index is 2.00. The molecule has 7 nitrogen and oxygen atoms in total. The number of rotatable bonds is 4. The number of aromatic nitrogens is 3. The number of aryl methyl sites for hydroxylation is 4. The first-order valence-corrected chi connectivity index (χ1v) is 9.30. The topological polar surface area (TPSA) is 80.7 Å². The van der Waals surface area contributed by atoms with Crippen molar-refractivity contribution in [2.75, 3.05) is 7.05 Å². The van der Waals surface area contributed by atoms with Gasteiger partial charge in [0.05, 0.1) is 17.9 Å². The van der Waals surface area contributed by atoms with E-state index in [1.54, 1.807) is 32.2 Å². The Morgan fingerprint density at radius 2 is 1.96 bits per heavy atom. The van der Waals surface area contributed by atoms with E-state index in [0.717, 1.165) is 21.2 Å². The van der Waals surface area contributed by atoms with E-state index in [0.29, 0.717) is 11.5 Å². The molecule has 0 saturated heterocycles. The zero-order valence-electron chi connectivity index (χ0n) is 13.6. The Morgan fingerprint density at radius 3 is 2.57 bits per heavy atom. The van der Waals surface area contributed by atoms with Crippen LogP contribution in [0.4, 0.5) is 0 Å². The van der Waals surface area contributed by atoms with Crippen molar-refractivity contribution >= 4 is 26.3 Å². The molecule has 3 rings (SSSR count). The fraction of sp³-hybridized carbons (Fsp3) is 0.429. The molecule has 0 aliphatic heterocycles. The number of fused-ring (bicyclic) bond motifs is 1. The van der Waals surface area contributed by atoms with Gasteiger partial charge in [0.25, 0.3) is 0 Å². The molecule has 0 N–H and O–H groups in total. The highest BCUT2D eigenvalue weighted by Gasteiger charge is 2.29. The molecule has 9 heteroatoms. The van der Waals surface area contributed by atoms with Gasteiger partial charge in [0.15, 0.2) is 10.7 Å². The smallest absolute Gasteiger partial charge is 0.248 e. The van der Waals surface area contributed by atoms with Gasteiger partial charge in [0.2, 0.25) is 10.0 Å². The summed E-state index contributed by atoms with van der Waals surface area (Å²) >= 11 is 1.58. The fourth-order valence-electron chi connectivity index (χ4n) is 2.59. The van der Waals surface area contributed by atoms with Crippen LogP contribution in [0.15, 0.2) is 15.6 Å². The third-order valence-electron chi connectivity index (χ3n) is 3.75. The van der Waals surface area contributed by atoms with Gasteiger partial charge >= 0.3 is 0 Å². The quantitative estimate of drug-likeness (QED) is 0.719. The molecular weight excluding hydrogens is 336 g/mol. The van der Waals surface area contributed by atoms with E-state index in [9.17, 15) is 8.42 Å². The van der Waals surface area contributed by atoms with Gasteiger partial charge in [-0.2, -0.15) is 4.31 Å². The standard InChI is InChI=1S/C14H18N4O3S2/c1-8-6-18-12(9(2)15-14(18)22-8)7-17(5)23(19,20)13-10(3)16-21-11(13)4/h6H,7H2,1-5H3. The predicted octanol–water partition coefficient (Wildman–Crippen LogP) is 2.44. The average Bonchev–Trinajstić information content (AvgIpc) is 3.05. The van der Waals surface area contributed by atoms with Crippen LogP contribution in [0, 0.1) is 27.7 Å². The molecule has 23 heavy (non-hydrogen) atoms. The van der Waals surface area contributed by atoms with Crippen molar-refractivity contribution in [2.45, 2.75) is 39.1 Å². The second kappa shape index (κ2) is 5.43. The molecule has 0 aliphatic rings. The molecule has 0 aromatic carbocycles. The number of sulfonamides is 1. The van der Waals surface area contributed by atoms with Crippen LogP contribution in [0.25, 0.3) is 4.96 Å². The van der Waals surface area contributed by atoms with Crippen molar-refractivity contribution in [2.24, 2.45) is 0 Å². The Bertz CT molecular complexity index is 962. The second-order valence-corrected chi connectivity index (χ2v) is 8.75. The Morgan fingerprint density at radius 1 is 1.26 bits per heavy atom. The molecule has 0 atom stereocenters. The van der Waals surface area contributed by atoms with Gasteiger partial charge in [-0.25, -0.2) is 13.4 Å². The minimum atomic E-state index is -3.67. The van der Waals surface area contributed by atoms with Crippen molar-refractivity contribution in [1.82, 2.24) is 18.8 Å². The lowest BCUT2D eigenvalue weighted by Gasteiger charge is -2.17. The maximum atomic E-state index is 12.8. The van der Waals surface area contributed by atoms with E-state index >= 15 is 0 Å². The van der Waals surface area contributed by atoms with E-state index in [4.69, 9.17) is 4.52 Å². The van der Waals surface area contributed by atoms with E-state index in [2.05, 4.69) is 10.1 Å². The number of nitrogens with zero attached hydrogens (tertiary/aromatic N) is 4. The minimum absolute atomic E-state index is 0.139. The summed E-state index contributed by atoms with van der Waals surface area (Å²) in [5.41, 5.74) is 2.06. The van der Waals surface area contributed by atoms with Gasteiger partial charge in [0, 0.05) is 18.1 Å². The lowest BCUT2D eigenvalue weighted by Crippen LogP contribution is -2.28. The highest BCUT2D eigenvalue weighted by atomic mass is 32.2. The zero-order valence-corrected chi connectivity index (χ0v) is 15.2. The molecule has 3 aromatic rings. The van der Waals surface area contributed by atoms with Crippen LogP contribution in [-0.4, -0.2) is 34.3 Å². The number of imidazole rings is 1. The normalized spacial score (nSPS) is 12.6. The van der Waals surface area contributed by atoms with Crippen LogP contribution >= 0.6 is 11.3 Å². The Hall–Kier alpha value is -1.71. The van der Waals surface area contributed by atoms with Crippen LogP contribution in [0.5, 0.6) is 0 Å². The van der Waals surface area contributed by atoms with Gasteiger partial charge in [-0.3, -0.25) is 4.40 Å². The predicted molar refractivity (Wildman–Crippen MR) is 87.2 cm³/mol. The highest BCUT2D eigenvalue weighted by molar-refractivity contribution is 7.89. The van der Waals surface area contributed by atoms with Gasteiger partial charge < -0.3 is 4.52 Å². The third kappa shape index (κ3) is 2.58. The van der Waals surface area contributed by atoms with E-state index in [1.807, 2.05) is 24.4 Å². The minimum Gasteiger partial charge on any atom is -0.360 e. The molecule has 0 aliphatic carbocycles. The largest absolute Gasteiger partial charge is 0.360 e. The van der Waals surface area contributed by atoms with Gasteiger partial charge in [-0.05, 0) is 27.7 Å². The van der Waals surface area contributed by atoms with Crippen LogP contribution in [0.3, 0.4) is 0 Å². The van der Waals surface area contributed by atoms with Gasteiger partial charge in [0.1, 0.15) is 10.6 Å². The summed E-state index contributed by atoms with van der Waals surface area (Å²) in [5.74, 6) is 0.302. The van der Waals surface area contributed by atoms with E-state index in [1.165, 1.54) is 4.31 Å². The summed E-state index contributed by atoms with van der Waals surface area (Å²) in [6.07, 6.45) is 1.98. The molecule has 3 heterocycles. The Labute approximate surface area is 138 Å². The summed E-state index contributed by atoms with van der Waals surface area (Å²) in [6, 6.07) is 0. The fourth-order valence-corrected chi connectivity index (χ4v) is 4.90. The molecule has 124 valence electrons. The molecule has 0 spiro atoms. The van der Waals surface area contributed by atoms with Crippen molar-refractivity contribution in [3.05, 3.63) is 33.9 Å². The molecule has 0 saturated carbocycles. The molecule has 0 radical (unpaired) electrons. The first kappa shape index (κ1) is 16.2. The highest BCUT2D eigenvalue weighted by Crippen LogP contribution is 2.26. The van der Waals surface area contributed by atoms with Crippen molar-refractivity contribution in [1.29, 1.82) is 0 Å². The second-order valence-electron chi connectivity index (χ2n) is 5.55. The molecular formula is C14H18N4O3S2. The number of hydrogen-bond acceptors (Lipinski definition) is 6. The van der Waals surface area contributed by atoms with Gasteiger partial charge in [-0.1, -0.05) is 5.16 Å². The summed E-state index contributed by atoms with van der Waals surface area (Å²) in [7, 11) is -2.12. The zero-order chi connectivity index (χ0) is 16.9. The van der Waals surface area contributed by atoms with Crippen molar-refractivity contribution in [3.63, 3.8) is 0 Å². The first-order valence-electron chi connectivity index (χ1n) is 7.05. The summed E-state index contributed by atoms with van der Waals surface area (Å²) in [5, 5.41) is 3.74. The van der Waals surface area contributed by atoms with Crippen LogP contribution in [0.1, 0.15) is 27.7 Å². The maximum Gasteiger partial charge on any atom is 0.248 e. The van der Waals surface area contributed by atoms with E-state index in [-0.39, 0.29) is 11.4 Å². The lowest BCUT2D eigenvalue weighted by atomic mass is 10.3. The maximum absolute atomic E-state index is 12.8. The molecule has 0 unspecified atom stereocenters. The number of hydrogen-bond donors (Lipinski definition) is 0. The van der Waals surface area contributed by atoms with Crippen LogP contribution in [-0.2, 0) is 16.6 Å². The summed E-state index contributed by atoms with van der Waals surface area (Å²) in [4.78, 5) is 6.64. The number of thiazole rings is 1. The average molecular weight is 354 g/mol. The van der Waals surface area contributed by atoms with Gasteiger partial charge in [-0.15, -0.1) is 11.3 Å². The molecule has 0 bridgehead atoms. The molecule has 0 fully saturated rings. The molecule has 3 aromatic heterocycles. The van der Waals surface area contributed by atoms with Crippen molar-refractivity contribution < 1.29 is 12.9 Å². The Kier molecular flexibility index (Phi) is 3.81. The monoisotopic (exact) mass is 354 g/mol. The third-order valence-corrected chi connectivity index (χ3v) is 6.70. The lowest BCUT2D eigenvalue weighted by molar-refractivity contribution is 0.389. The van der Waals surface area contributed by atoms with Crippen LogP contribution in [0.2, 0.25) is 0 Å². The summed E-state index contributed by atoms with van der Waals surface area (Å²) < 4.78 is 33.9. The SMILES string of the molecule is Cc1cn2c(CN(C)S(=O)(=O)c3c(C)noc3C)c(C)nc2s1.